The maximum atomic E-state index is 13.8. The van der Waals surface area contributed by atoms with Crippen molar-refractivity contribution in [3.8, 4) is 17.4 Å². The van der Waals surface area contributed by atoms with Crippen LogP contribution in [0.2, 0.25) is 0 Å². The fourth-order valence-corrected chi connectivity index (χ4v) is 6.08. The highest BCUT2D eigenvalue weighted by atomic mass is 19.4. The van der Waals surface area contributed by atoms with Crippen LogP contribution < -0.4 is 14.4 Å². The molecule has 1 aliphatic rings. The number of fused-ring (bicyclic) bond motifs is 1. The molecule has 0 saturated carbocycles. The second-order valence-corrected chi connectivity index (χ2v) is 12.7. The first kappa shape index (κ1) is 39.8. The van der Waals surface area contributed by atoms with Crippen molar-refractivity contribution in [2.45, 2.75) is 25.7 Å². The van der Waals surface area contributed by atoms with Gasteiger partial charge >= 0.3 is 18.1 Å². The quantitative estimate of drug-likeness (QED) is 0.176. The Bertz CT molecular complexity index is 2160. The third-order valence-electron chi connectivity index (χ3n) is 9.05. The summed E-state index contributed by atoms with van der Waals surface area (Å²) in [5, 5.41) is 15.6. The zero-order valence-corrected chi connectivity index (χ0v) is 30.3. The number of carboxylic acid groups (broad SMARTS) is 2. The number of aryl methyl sites for hydroxylation is 1. The van der Waals surface area contributed by atoms with E-state index in [-0.39, 0.29) is 23.4 Å². The molecule has 2 aromatic heterocycles. The van der Waals surface area contributed by atoms with Crippen LogP contribution in [0.15, 0.2) is 91.1 Å². The number of nitrogens with zero attached hydrogens (tertiary/aromatic N) is 5. The van der Waals surface area contributed by atoms with E-state index in [0.717, 1.165) is 60.6 Å². The van der Waals surface area contributed by atoms with E-state index in [0.29, 0.717) is 23.7 Å². The number of hydrogen-bond donors (Lipinski definition) is 2. The summed E-state index contributed by atoms with van der Waals surface area (Å²) in [7, 11) is 5.05. The zero-order chi connectivity index (χ0) is 40.0. The number of carboxylic acids is 2. The molecule has 0 aliphatic carbocycles. The monoisotopic (exact) mass is 761 g/mol. The average Bonchev–Trinajstić information content (AvgIpc) is 3.49. The van der Waals surface area contributed by atoms with E-state index in [4.69, 9.17) is 29.3 Å². The summed E-state index contributed by atoms with van der Waals surface area (Å²) in [5.41, 5.74) is 2.40. The predicted octanol–water partition coefficient (Wildman–Crippen LogP) is 6.17. The van der Waals surface area contributed by atoms with Gasteiger partial charge in [0.15, 0.2) is 0 Å². The van der Waals surface area contributed by atoms with E-state index in [1.807, 2.05) is 46.8 Å². The van der Waals surface area contributed by atoms with Crippen LogP contribution >= 0.6 is 0 Å². The number of carbonyl (C=O) groups excluding carboxylic acids is 2. The Kier molecular flexibility index (Phi) is 12.1. The van der Waals surface area contributed by atoms with Crippen LogP contribution in [0.25, 0.3) is 10.9 Å². The molecule has 0 bridgehead atoms. The zero-order valence-electron chi connectivity index (χ0n) is 30.3. The molecule has 55 heavy (non-hydrogen) atoms. The fraction of sp³-hybridized carbons (Fsp3) is 0.256. The number of methoxy groups -OCH3 is 1. The smallest absolute Gasteiger partial charge is 0.416 e. The van der Waals surface area contributed by atoms with Gasteiger partial charge in [-0.05, 0) is 79.2 Å². The van der Waals surface area contributed by atoms with Crippen LogP contribution in [0.1, 0.15) is 38.9 Å². The number of amides is 2. The molecule has 6 rings (SSSR count). The third-order valence-corrected chi connectivity index (χ3v) is 9.05. The van der Waals surface area contributed by atoms with Crippen LogP contribution in [0, 0.1) is 0 Å². The number of aliphatic carboxylic acids is 2. The molecule has 16 heteroatoms. The van der Waals surface area contributed by atoms with Crippen LogP contribution in [0.3, 0.4) is 0 Å². The standard InChI is InChI=1S/C37H36F3N5O4.C2H2O4/c1-24-22-44(23-25-5-12-30(48-4)13-6-25)17-18-45(24)36(47)33-20-27-19-31(14-15-32(27)43(33)3)49-34-16-11-29(21-41-34)42(2)35(46)26-7-9-28(10-8-26)37(38,39)40;3-1(4)2(5)6/h5-16,19-21,24H,17-18,22-23H2,1-4H3;(H,3,4)(H,5,6)/t24-;/m0./s1. The molecule has 1 aliphatic heterocycles. The largest absolute Gasteiger partial charge is 0.497 e. The lowest BCUT2D eigenvalue weighted by molar-refractivity contribution is -0.159. The van der Waals surface area contributed by atoms with E-state index >= 15 is 0 Å². The van der Waals surface area contributed by atoms with Gasteiger partial charge in [0.2, 0.25) is 5.88 Å². The van der Waals surface area contributed by atoms with E-state index in [1.54, 1.807) is 25.3 Å². The SMILES string of the molecule is COc1ccc(CN2CCN(C(=O)c3cc4cc(Oc5ccc(N(C)C(=O)c6ccc(C(F)(F)F)cc6)cn5)ccc4n3C)[C@@H](C)C2)cc1.O=C(O)C(=O)O. The van der Waals surface area contributed by atoms with Gasteiger partial charge in [-0.15, -0.1) is 0 Å². The van der Waals surface area contributed by atoms with Crippen molar-refractivity contribution in [2.75, 3.05) is 38.7 Å². The first-order valence-corrected chi connectivity index (χ1v) is 16.9. The molecule has 288 valence electrons. The van der Waals surface area contributed by atoms with Gasteiger partial charge in [0.25, 0.3) is 11.8 Å². The Labute approximate surface area is 313 Å². The van der Waals surface area contributed by atoms with Crippen molar-refractivity contribution in [1.82, 2.24) is 19.4 Å². The van der Waals surface area contributed by atoms with Crippen molar-refractivity contribution in [2.24, 2.45) is 7.05 Å². The summed E-state index contributed by atoms with van der Waals surface area (Å²) < 4.78 is 51.8. The number of pyridine rings is 1. The molecule has 5 aromatic rings. The highest BCUT2D eigenvalue weighted by Crippen LogP contribution is 2.31. The van der Waals surface area contributed by atoms with E-state index < -0.39 is 29.6 Å². The molecule has 0 unspecified atom stereocenters. The molecule has 3 heterocycles. The number of halogens is 3. The van der Waals surface area contributed by atoms with E-state index in [9.17, 15) is 22.8 Å². The molecule has 0 spiro atoms. The van der Waals surface area contributed by atoms with Crippen molar-refractivity contribution in [3.05, 3.63) is 114 Å². The Morgan fingerprint density at radius 2 is 1.55 bits per heavy atom. The van der Waals surface area contributed by atoms with Gasteiger partial charge in [-0.2, -0.15) is 13.2 Å². The summed E-state index contributed by atoms with van der Waals surface area (Å²) >= 11 is 0. The van der Waals surface area contributed by atoms with Crippen molar-refractivity contribution in [3.63, 3.8) is 0 Å². The second kappa shape index (κ2) is 16.7. The molecule has 13 nitrogen and oxygen atoms in total. The average molecular weight is 762 g/mol. The first-order chi connectivity index (χ1) is 26.0. The number of ether oxygens (including phenoxy) is 2. The Morgan fingerprint density at radius 1 is 0.891 bits per heavy atom. The molecule has 3 aromatic carbocycles. The summed E-state index contributed by atoms with van der Waals surface area (Å²) in [6, 6.07) is 22.8. The maximum absolute atomic E-state index is 13.8. The number of hydrogen-bond acceptors (Lipinski definition) is 8. The van der Waals surface area contributed by atoms with E-state index in [2.05, 4.69) is 28.9 Å². The Hall–Kier alpha value is -6.42. The van der Waals surface area contributed by atoms with Crippen LogP contribution in [0.4, 0.5) is 18.9 Å². The van der Waals surface area contributed by atoms with Gasteiger partial charge in [0.1, 0.15) is 17.2 Å². The summed E-state index contributed by atoms with van der Waals surface area (Å²) in [5.74, 6) is -2.52. The Morgan fingerprint density at radius 3 is 2.11 bits per heavy atom. The van der Waals surface area contributed by atoms with Gasteiger partial charge in [-0.3, -0.25) is 14.5 Å². The molecule has 1 saturated heterocycles. The molecule has 1 fully saturated rings. The minimum atomic E-state index is -4.48. The van der Waals surface area contributed by atoms with Crippen LogP contribution in [-0.2, 0) is 29.4 Å². The first-order valence-electron chi connectivity index (χ1n) is 16.9. The summed E-state index contributed by atoms with van der Waals surface area (Å²) in [6.07, 6.45) is -3.03. The lowest BCUT2D eigenvalue weighted by atomic mass is 10.1. The fourth-order valence-electron chi connectivity index (χ4n) is 6.08. The van der Waals surface area contributed by atoms with E-state index in [1.165, 1.54) is 23.7 Å². The molecule has 0 radical (unpaired) electrons. The molecule has 1 atom stereocenters. The summed E-state index contributed by atoms with van der Waals surface area (Å²) in [4.78, 5) is 54.7. The Balaban J connectivity index is 0.000000895. The van der Waals surface area contributed by atoms with Crippen molar-refractivity contribution < 1.29 is 52.0 Å². The number of anilines is 1. The number of aromatic nitrogens is 2. The number of alkyl halides is 3. The number of piperazine rings is 1. The molecule has 2 N–H and O–H groups in total. The van der Waals surface area contributed by atoms with Gasteiger partial charge in [0.05, 0.1) is 24.6 Å². The topological polar surface area (TPSA) is 155 Å². The minimum absolute atomic E-state index is 0.0232. The second-order valence-electron chi connectivity index (χ2n) is 12.7. The molecular weight excluding hydrogens is 723 g/mol. The third kappa shape index (κ3) is 9.58. The normalized spacial score (nSPS) is 14.5. The maximum Gasteiger partial charge on any atom is 0.416 e. The van der Waals surface area contributed by atoms with Gasteiger partial charge in [-0.1, -0.05) is 12.1 Å². The van der Waals surface area contributed by atoms with Crippen LogP contribution in [-0.4, -0.2) is 93.2 Å². The minimum Gasteiger partial charge on any atom is -0.497 e. The van der Waals surface area contributed by atoms with Gasteiger partial charge < -0.3 is 34.1 Å². The highest BCUT2D eigenvalue weighted by Gasteiger charge is 2.31. The van der Waals surface area contributed by atoms with Gasteiger partial charge in [0, 0.05) is 68.8 Å². The lowest BCUT2D eigenvalue weighted by Gasteiger charge is -2.40. The number of benzene rings is 3. The van der Waals surface area contributed by atoms with Gasteiger partial charge in [-0.25, -0.2) is 14.6 Å². The predicted molar refractivity (Wildman–Crippen MR) is 195 cm³/mol. The lowest BCUT2D eigenvalue weighted by Crippen LogP contribution is -2.53. The van der Waals surface area contributed by atoms with Crippen molar-refractivity contribution in [1.29, 1.82) is 0 Å². The molecular formula is C39H38F3N5O8. The van der Waals surface area contributed by atoms with Crippen molar-refractivity contribution >= 4 is 40.3 Å². The summed E-state index contributed by atoms with van der Waals surface area (Å²) in [6.45, 7) is 5.05. The molecule has 2 amide bonds. The number of rotatable bonds is 8. The highest BCUT2D eigenvalue weighted by molar-refractivity contribution is 6.27. The number of carbonyl (C=O) groups is 4. The van der Waals surface area contributed by atoms with Crippen LogP contribution in [0.5, 0.6) is 17.4 Å².